The first-order valence-corrected chi connectivity index (χ1v) is 8.22. The second-order valence-corrected chi connectivity index (χ2v) is 6.42. The van der Waals surface area contributed by atoms with Gasteiger partial charge in [0.25, 0.3) is 0 Å². The van der Waals surface area contributed by atoms with Crippen molar-refractivity contribution in [2.75, 3.05) is 29.9 Å². The van der Waals surface area contributed by atoms with Crippen LogP contribution in [0.1, 0.15) is 33.1 Å². The minimum absolute atomic E-state index is 0.174. The largest absolute Gasteiger partial charge is 0.393 e. The number of urea groups is 1. The number of amides is 2. The normalized spacial score (nSPS) is 17.0. The van der Waals surface area contributed by atoms with Crippen molar-refractivity contribution in [3.63, 3.8) is 0 Å². The Morgan fingerprint density at radius 3 is 2.65 bits per heavy atom. The van der Waals surface area contributed by atoms with E-state index < -0.39 is 0 Å². The molecule has 3 N–H and O–H groups in total. The Morgan fingerprint density at radius 2 is 2.00 bits per heavy atom. The van der Waals surface area contributed by atoms with Gasteiger partial charge >= 0.3 is 6.03 Å². The molecule has 1 saturated heterocycles. The third-order valence-electron chi connectivity index (χ3n) is 3.97. The first-order chi connectivity index (χ1) is 10.9. The van der Waals surface area contributed by atoms with Crippen molar-refractivity contribution in [3.05, 3.63) is 24.0 Å². The Labute approximate surface area is 136 Å². The molecular formula is C17H26FN3O2. The van der Waals surface area contributed by atoms with Crippen molar-refractivity contribution < 1.29 is 14.3 Å². The zero-order chi connectivity index (χ0) is 16.8. The average molecular weight is 323 g/mol. The molecule has 2 amide bonds. The number of nitrogens with zero attached hydrogens (tertiary/aromatic N) is 1. The van der Waals surface area contributed by atoms with Gasteiger partial charge in [0.15, 0.2) is 0 Å². The number of halogens is 1. The molecule has 0 bridgehead atoms. The van der Waals surface area contributed by atoms with Crippen LogP contribution >= 0.6 is 0 Å². The van der Waals surface area contributed by atoms with E-state index in [4.69, 9.17) is 0 Å². The number of aliphatic hydroxyl groups is 1. The zero-order valence-corrected chi connectivity index (χ0v) is 13.8. The smallest absolute Gasteiger partial charge is 0.319 e. The fourth-order valence-electron chi connectivity index (χ4n) is 2.91. The van der Waals surface area contributed by atoms with Crippen molar-refractivity contribution in [2.45, 2.75) is 39.2 Å². The van der Waals surface area contributed by atoms with Crippen molar-refractivity contribution in [3.8, 4) is 0 Å². The van der Waals surface area contributed by atoms with Gasteiger partial charge in [-0.1, -0.05) is 6.92 Å². The van der Waals surface area contributed by atoms with E-state index in [1.54, 1.807) is 13.0 Å². The zero-order valence-electron chi connectivity index (χ0n) is 13.8. The molecule has 5 nitrogen and oxygen atoms in total. The molecule has 2 rings (SSSR count). The van der Waals surface area contributed by atoms with Crippen LogP contribution in [0.5, 0.6) is 0 Å². The lowest BCUT2D eigenvalue weighted by molar-refractivity contribution is 0.163. The number of hydrogen-bond acceptors (Lipinski definition) is 3. The summed E-state index contributed by atoms with van der Waals surface area (Å²) in [6.45, 7) is 5.99. The number of nitrogens with one attached hydrogen (secondary N) is 2. The Bertz CT molecular complexity index is 531. The quantitative estimate of drug-likeness (QED) is 0.754. The highest BCUT2D eigenvalue weighted by Gasteiger charge is 2.15. The number of carbonyl (C=O) groups is 1. The summed E-state index contributed by atoms with van der Waals surface area (Å²) in [5.74, 6) is -0.180. The molecule has 1 fully saturated rings. The highest BCUT2D eigenvalue weighted by molar-refractivity contribution is 5.89. The molecule has 0 radical (unpaired) electrons. The van der Waals surface area contributed by atoms with Crippen LogP contribution < -0.4 is 15.5 Å². The molecule has 1 aromatic carbocycles. The van der Waals surface area contributed by atoms with E-state index in [1.807, 2.05) is 6.92 Å². The summed E-state index contributed by atoms with van der Waals surface area (Å²) < 4.78 is 13.8. The van der Waals surface area contributed by atoms with E-state index in [0.717, 1.165) is 31.6 Å². The van der Waals surface area contributed by atoms with Crippen LogP contribution in [-0.4, -0.2) is 36.9 Å². The summed E-state index contributed by atoms with van der Waals surface area (Å²) in [7, 11) is 0. The van der Waals surface area contributed by atoms with Crippen molar-refractivity contribution >= 4 is 17.4 Å². The molecule has 0 unspecified atom stereocenters. The lowest BCUT2D eigenvalue weighted by atomic mass is 10.1. The topological polar surface area (TPSA) is 64.6 Å². The van der Waals surface area contributed by atoms with Crippen LogP contribution in [0.25, 0.3) is 0 Å². The van der Waals surface area contributed by atoms with Crippen LogP contribution in [-0.2, 0) is 0 Å². The van der Waals surface area contributed by atoms with Gasteiger partial charge < -0.3 is 20.6 Å². The Morgan fingerprint density at radius 1 is 1.30 bits per heavy atom. The van der Waals surface area contributed by atoms with Gasteiger partial charge in [0.05, 0.1) is 6.10 Å². The summed E-state index contributed by atoms with van der Waals surface area (Å²) in [5, 5.41) is 14.7. The summed E-state index contributed by atoms with van der Waals surface area (Å²) in [5.41, 5.74) is 1.26. The van der Waals surface area contributed by atoms with Crippen molar-refractivity contribution in [1.82, 2.24) is 5.32 Å². The summed E-state index contributed by atoms with van der Waals surface area (Å²) in [4.78, 5) is 14.0. The Balaban J connectivity index is 1.90. The van der Waals surface area contributed by atoms with Gasteiger partial charge in [-0.3, -0.25) is 0 Å². The van der Waals surface area contributed by atoms with Gasteiger partial charge in [0.2, 0.25) is 0 Å². The summed E-state index contributed by atoms with van der Waals surface area (Å²) in [6.07, 6.45) is 2.46. The fraction of sp³-hybridized carbons (Fsp3) is 0.588. The molecule has 1 heterocycles. The molecular weight excluding hydrogens is 297 g/mol. The van der Waals surface area contributed by atoms with E-state index in [1.165, 1.54) is 12.1 Å². The van der Waals surface area contributed by atoms with E-state index in [9.17, 15) is 14.3 Å². The van der Waals surface area contributed by atoms with Crippen LogP contribution in [0.3, 0.4) is 0 Å². The molecule has 0 spiro atoms. The Hall–Kier alpha value is -1.82. The molecule has 0 aromatic heterocycles. The number of carbonyl (C=O) groups excluding carboxylic acids is 1. The molecule has 0 saturated carbocycles. The van der Waals surface area contributed by atoms with Gasteiger partial charge in [-0.2, -0.15) is 0 Å². The van der Waals surface area contributed by atoms with Crippen molar-refractivity contribution in [1.29, 1.82) is 0 Å². The van der Waals surface area contributed by atoms with Gasteiger partial charge in [0, 0.05) is 31.0 Å². The van der Waals surface area contributed by atoms with Crippen LogP contribution in [0.4, 0.5) is 20.6 Å². The summed E-state index contributed by atoms with van der Waals surface area (Å²) >= 11 is 0. The highest BCUT2D eigenvalue weighted by atomic mass is 19.1. The molecule has 23 heavy (non-hydrogen) atoms. The standard InChI is InChI=1S/C17H26FN3O2/c1-12(7-13(2)22)11-19-17(23)20-15-8-14(18)9-16(10-15)21-5-3-4-6-21/h8-10,12-13,22H,3-7,11H2,1-2H3,(H2,19,20,23)/t12-,13+/m1/s1. The molecule has 2 atom stereocenters. The molecule has 1 aromatic rings. The highest BCUT2D eigenvalue weighted by Crippen LogP contribution is 2.25. The minimum Gasteiger partial charge on any atom is -0.393 e. The SMILES string of the molecule is C[C@@H](CNC(=O)Nc1cc(F)cc(N2CCCC2)c1)C[C@H](C)O. The second-order valence-electron chi connectivity index (χ2n) is 6.42. The number of rotatable bonds is 6. The average Bonchev–Trinajstić information content (AvgIpc) is 2.98. The second kappa shape index (κ2) is 8.15. The number of aliphatic hydroxyl groups excluding tert-OH is 1. The van der Waals surface area contributed by atoms with E-state index in [2.05, 4.69) is 15.5 Å². The van der Waals surface area contributed by atoms with Gasteiger partial charge in [0.1, 0.15) is 5.82 Å². The Kier molecular flexibility index (Phi) is 6.21. The lowest BCUT2D eigenvalue weighted by Crippen LogP contribution is -2.33. The predicted molar refractivity (Wildman–Crippen MR) is 90.3 cm³/mol. The molecule has 0 aliphatic carbocycles. The van der Waals surface area contributed by atoms with E-state index in [0.29, 0.717) is 18.7 Å². The monoisotopic (exact) mass is 323 g/mol. The van der Waals surface area contributed by atoms with E-state index in [-0.39, 0.29) is 23.9 Å². The molecule has 1 aliphatic heterocycles. The van der Waals surface area contributed by atoms with Crippen LogP contribution in [0, 0.1) is 11.7 Å². The number of anilines is 2. The third-order valence-corrected chi connectivity index (χ3v) is 3.97. The lowest BCUT2D eigenvalue weighted by Gasteiger charge is -2.19. The number of hydrogen-bond donors (Lipinski definition) is 3. The van der Waals surface area contributed by atoms with E-state index >= 15 is 0 Å². The summed E-state index contributed by atoms with van der Waals surface area (Å²) in [6, 6.07) is 4.26. The predicted octanol–water partition coefficient (Wildman–Crippen LogP) is 2.95. The maximum absolute atomic E-state index is 13.8. The third kappa shape index (κ3) is 5.71. The maximum Gasteiger partial charge on any atom is 0.319 e. The molecule has 1 aliphatic rings. The van der Waals surface area contributed by atoms with Gasteiger partial charge in [-0.05, 0) is 50.3 Å². The first kappa shape index (κ1) is 17.5. The van der Waals surface area contributed by atoms with Gasteiger partial charge in [-0.15, -0.1) is 0 Å². The molecule has 6 heteroatoms. The van der Waals surface area contributed by atoms with Crippen LogP contribution in [0.2, 0.25) is 0 Å². The van der Waals surface area contributed by atoms with Crippen molar-refractivity contribution in [2.24, 2.45) is 5.92 Å². The fourth-order valence-corrected chi connectivity index (χ4v) is 2.91. The van der Waals surface area contributed by atoms with Crippen LogP contribution in [0.15, 0.2) is 18.2 Å². The maximum atomic E-state index is 13.8. The molecule has 128 valence electrons. The minimum atomic E-state index is -0.388. The number of benzene rings is 1. The first-order valence-electron chi connectivity index (χ1n) is 8.22. The van der Waals surface area contributed by atoms with Gasteiger partial charge in [-0.25, -0.2) is 9.18 Å².